The first-order valence-corrected chi connectivity index (χ1v) is 11.6. The highest BCUT2D eigenvalue weighted by atomic mass is 16.5. The predicted octanol–water partition coefficient (Wildman–Crippen LogP) is 5.57. The van der Waals surface area contributed by atoms with Crippen molar-refractivity contribution in [1.29, 1.82) is 0 Å². The van der Waals surface area contributed by atoms with Crippen LogP contribution in [0.4, 0.5) is 0 Å². The fourth-order valence-electron chi connectivity index (χ4n) is 5.16. The molecule has 1 saturated heterocycles. The molecule has 6 nitrogen and oxygen atoms in total. The van der Waals surface area contributed by atoms with Crippen LogP contribution in [0.25, 0.3) is 11.0 Å². The maximum absolute atomic E-state index is 13.4. The average Bonchev–Trinajstić information content (AvgIpc) is 3.29. The van der Waals surface area contributed by atoms with Crippen molar-refractivity contribution in [2.24, 2.45) is 0 Å². The van der Waals surface area contributed by atoms with Crippen molar-refractivity contribution in [3.8, 4) is 17.2 Å². The fraction of sp³-hybridized carbons (Fsp3) is 0.444. The van der Waals surface area contributed by atoms with Crippen LogP contribution >= 0.6 is 0 Å². The highest BCUT2D eigenvalue weighted by molar-refractivity contribution is 6.10. The lowest BCUT2D eigenvalue weighted by Gasteiger charge is -2.44. The topological polar surface area (TPSA) is 61.1 Å². The van der Waals surface area contributed by atoms with Crippen molar-refractivity contribution in [2.45, 2.75) is 51.2 Å². The average molecular weight is 450 g/mol. The number of methoxy groups -OCH3 is 2. The van der Waals surface area contributed by atoms with Crippen LogP contribution in [0.1, 0.15) is 60.5 Å². The van der Waals surface area contributed by atoms with E-state index in [1.165, 1.54) is 11.1 Å². The van der Waals surface area contributed by atoms with Crippen molar-refractivity contribution >= 4 is 16.8 Å². The molecule has 174 valence electrons. The van der Waals surface area contributed by atoms with E-state index in [0.29, 0.717) is 40.7 Å². The van der Waals surface area contributed by atoms with Crippen LogP contribution < -0.4 is 14.2 Å². The molecule has 0 bridgehead atoms. The number of furan rings is 1. The number of hydrogen-bond donors (Lipinski definition) is 0. The summed E-state index contributed by atoms with van der Waals surface area (Å²) in [5.41, 5.74) is 3.15. The van der Waals surface area contributed by atoms with E-state index in [1.54, 1.807) is 26.5 Å². The highest BCUT2D eigenvalue weighted by Crippen LogP contribution is 2.52. The van der Waals surface area contributed by atoms with Gasteiger partial charge in [0.05, 0.1) is 32.3 Å². The molecule has 6 heteroatoms. The summed E-state index contributed by atoms with van der Waals surface area (Å²) >= 11 is 0. The zero-order chi connectivity index (χ0) is 23.2. The molecule has 3 heterocycles. The lowest BCUT2D eigenvalue weighted by molar-refractivity contribution is -0.0125. The number of fused-ring (bicyclic) bond motifs is 2. The number of benzene rings is 2. The normalized spacial score (nSPS) is 17.9. The van der Waals surface area contributed by atoms with Crippen LogP contribution in [-0.2, 0) is 6.54 Å². The van der Waals surface area contributed by atoms with Crippen LogP contribution in [-0.4, -0.2) is 43.6 Å². The van der Waals surface area contributed by atoms with Crippen LogP contribution in [0.3, 0.4) is 0 Å². The molecule has 2 aliphatic rings. The van der Waals surface area contributed by atoms with Crippen molar-refractivity contribution in [3.05, 3.63) is 53.3 Å². The summed E-state index contributed by atoms with van der Waals surface area (Å²) in [4.78, 5) is 15.8. The number of Topliss-reactive ketones (excluding diaryl/α,β-unsaturated/α-hetero) is 1. The van der Waals surface area contributed by atoms with E-state index in [9.17, 15) is 4.79 Å². The van der Waals surface area contributed by atoms with E-state index in [1.807, 2.05) is 0 Å². The van der Waals surface area contributed by atoms with Crippen LogP contribution in [0.2, 0.25) is 0 Å². The number of hydrogen-bond acceptors (Lipinski definition) is 6. The Kier molecular flexibility index (Phi) is 5.57. The Morgan fingerprint density at radius 3 is 2.36 bits per heavy atom. The lowest BCUT2D eigenvalue weighted by Crippen LogP contribution is -2.50. The summed E-state index contributed by atoms with van der Waals surface area (Å²) in [5, 5.41) is 0.722. The number of likely N-dealkylation sites (tertiary alicyclic amines) is 1. The number of rotatable bonds is 5. The molecule has 0 N–H and O–H groups in total. The predicted molar refractivity (Wildman–Crippen MR) is 127 cm³/mol. The number of ketones is 1. The largest absolute Gasteiger partial charge is 0.495 e. The molecule has 1 fully saturated rings. The van der Waals surface area contributed by atoms with Crippen molar-refractivity contribution in [3.63, 3.8) is 0 Å². The quantitative estimate of drug-likeness (QED) is 0.507. The monoisotopic (exact) mass is 449 g/mol. The third kappa shape index (κ3) is 3.76. The maximum Gasteiger partial charge on any atom is 0.205 e. The van der Waals surface area contributed by atoms with Gasteiger partial charge in [0.1, 0.15) is 16.9 Å². The Bertz CT molecular complexity index is 1170. The Balaban J connectivity index is 1.37. The van der Waals surface area contributed by atoms with Gasteiger partial charge in [0.2, 0.25) is 5.75 Å². The summed E-state index contributed by atoms with van der Waals surface area (Å²) in [6.07, 6.45) is 3.49. The van der Waals surface area contributed by atoms with E-state index in [-0.39, 0.29) is 5.78 Å². The molecule has 33 heavy (non-hydrogen) atoms. The van der Waals surface area contributed by atoms with Crippen LogP contribution in [0, 0.1) is 0 Å². The molecule has 3 aromatic rings. The molecule has 2 aliphatic heterocycles. The first-order valence-electron chi connectivity index (χ1n) is 11.6. The minimum atomic E-state index is -0.527. The highest BCUT2D eigenvalue weighted by Gasteiger charge is 2.46. The summed E-state index contributed by atoms with van der Waals surface area (Å²) < 4.78 is 23.5. The van der Waals surface area contributed by atoms with Crippen molar-refractivity contribution in [2.75, 3.05) is 27.3 Å². The van der Waals surface area contributed by atoms with Gasteiger partial charge in [0.15, 0.2) is 17.1 Å². The van der Waals surface area contributed by atoms with E-state index in [0.717, 1.165) is 37.9 Å². The van der Waals surface area contributed by atoms with Gasteiger partial charge in [-0.3, -0.25) is 9.69 Å². The summed E-state index contributed by atoms with van der Waals surface area (Å²) in [7, 11) is 3.14. The second-order valence-electron chi connectivity index (χ2n) is 9.49. The molecule has 5 rings (SSSR count). The van der Waals surface area contributed by atoms with Crippen molar-refractivity contribution in [1.82, 2.24) is 4.90 Å². The zero-order valence-electron chi connectivity index (χ0n) is 19.8. The Labute approximate surface area is 194 Å². The molecule has 2 aromatic carbocycles. The Morgan fingerprint density at radius 1 is 1.03 bits per heavy atom. The number of piperidine rings is 1. The number of ether oxygens (including phenoxy) is 3. The second kappa shape index (κ2) is 8.41. The molecule has 0 unspecified atom stereocenters. The molecule has 0 radical (unpaired) electrons. The molecule has 0 aliphatic carbocycles. The minimum absolute atomic E-state index is 0.0345. The molecule has 0 amide bonds. The molecule has 0 atom stereocenters. The van der Waals surface area contributed by atoms with Gasteiger partial charge in [0.25, 0.3) is 0 Å². The van der Waals surface area contributed by atoms with Crippen LogP contribution in [0.15, 0.2) is 41.0 Å². The third-order valence-corrected chi connectivity index (χ3v) is 7.08. The SMILES string of the molecule is COc1c2c(c(OC)c3occc13)OC1(CCN(Cc3ccc(C(C)C)cc3)CC1)CC2=O. The van der Waals surface area contributed by atoms with E-state index < -0.39 is 5.60 Å². The van der Waals surface area contributed by atoms with Crippen molar-refractivity contribution < 1.29 is 23.4 Å². The molecule has 0 saturated carbocycles. The zero-order valence-corrected chi connectivity index (χ0v) is 19.8. The summed E-state index contributed by atoms with van der Waals surface area (Å²) in [6.45, 7) is 7.07. The lowest BCUT2D eigenvalue weighted by atomic mass is 9.81. The molecule has 1 spiro atoms. The first-order chi connectivity index (χ1) is 15.9. The molecular weight excluding hydrogens is 418 g/mol. The Morgan fingerprint density at radius 2 is 1.73 bits per heavy atom. The number of carbonyl (C=O) groups excluding carboxylic acids is 1. The fourth-order valence-corrected chi connectivity index (χ4v) is 5.16. The van der Waals surface area contributed by atoms with E-state index in [4.69, 9.17) is 18.6 Å². The second-order valence-corrected chi connectivity index (χ2v) is 9.49. The van der Waals surface area contributed by atoms with Gasteiger partial charge in [0, 0.05) is 32.5 Å². The summed E-state index contributed by atoms with van der Waals surface area (Å²) in [6, 6.07) is 10.7. The standard InChI is InChI=1S/C27H31NO5/c1-17(2)19-7-5-18(6-8-19)16-28-12-10-27(11-13-28)15-21(29)22-23(30-3)20-9-14-32-24(20)26(31-4)25(22)33-27/h5-9,14,17H,10-13,15-16H2,1-4H3. The molecular formula is C27H31NO5. The molecule has 1 aromatic heterocycles. The van der Waals surface area contributed by atoms with Gasteiger partial charge in [-0.1, -0.05) is 38.1 Å². The smallest absolute Gasteiger partial charge is 0.205 e. The third-order valence-electron chi connectivity index (χ3n) is 7.08. The maximum atomic E-state index is 13.4. The Hall–Kier alpha value is -2.99. The first kappa shape index (κ1) is 21.8. The van der Waals surface area contributed by atoms with Gasteiger partial charge >= 0.3 is 0 Å². The summed E-state index contributed by atoms with van der Waals surface area (Å²) in [5.74, 6) is 1.98. The van der Waals surface area contributed by atoms with Gasteiger partial charge in [-0.05, 0) is 23.1 Å². The van der Waals surface area contributed by atoms with Gasteiger partial charge in [-0.15, -0.1) is 0 Å². The van der Waals surface area contributed by atoms with Crippen LogP contribution in [0.5, 0.6) is 17.2 Å². The van der Waals surface area contributed by atoms with Gasteiger partial charge in [-0.25, -0.2) is 0 Å². The number of carbonyl (C=O) groups is 1. The van der Waals surface area contributed by atoms with E-state index >= 15 is 0 Å². The number of nitrogens with zero attached hydrogens (tertiary/aromatic N) is 1. The minimum Gasteiger partial charge on any atom is -0.495 e. The van der Waals surface area contributed by atoms with Gasteiger partial charge < -0.3 is 18.6 Å². The van der Waals surface area contributed by atoms with Gasteiger partial charge in [-0.2, -0.15) is 0 Å². The van der Waals surface area contributed by atoms with E-state index in [2.05, 4.69) is 43.0 Å².